The Morgan fingerprint density at radius 1 is 1.20 bits per heavy atom. The smallest absolute Gasteiger partial charge is 0.303 e. The number of thiazole rings is 1. The van der Waals surface area contributed by atoms with Gasteiger partial charge < -0.3 is 15.7 Å². The topological polar surface area (TPSA) is 108 Å². The van der Waals surface area contributed by atoms with Crippen LogP contribution >= 0.6 is 23.1 Å². The van der Waals surface area contributed by atoms with Crippen LogP contribution in [-0.4, -0.2) is 33.1 Å². The number of aliphatic carboxylic acids is 1. The molecule has 25 heavy (non-hydrogen) atoms. The van der Waals surface area contributed by atoms with Crippen LogP contribution in [0.2, 0.25) is 0 Å². The van der Waals surface area contributed by atoms with Gasteiger partial charge in [0.05, 0.1) is 11.7 Å². The van der Waals surface area contributed by atoms with Crippen LogP contribution in [0.3, 0.4) is 0 Å². The van der Waals surface area contributed by atoms with E-state index in [1.807, 2.05) is 0 Å². The molecule has 0 bridgehead atoms. The minimum atomic E-state index is -1.01. The molecule has 2 amide bonds. The number of nitrogens with zero attached hydrogens (tertiary/aromatic N) is 1. The summed E-state index contributed by atoms with van der Waals surface area (Å²) >= 11 is 2.75. The third kappa shape index (κ3) is 6.55. The molecule has 2 rings (SSSR count). The highest BCUT2D eigenvalue weighted by Crippen LogP contribution is 2.26. The Morgan fingerprint density at radius 2 is 1.92 bits per heavy atom. The van der Waals surface area contributed by atoms with Crippen LogP contribution in [-0.2, 0) is 14.4 Å². The summed E-state index contributed by atoms with van der Waals surface area (Å²) in [6.07, 6.45) is 1.35. The average Bonchev–Trinajstić information content (AvgIpc) is 3.07. The van der Waals surface area contributed by atoms with Gasteiger partial charge in [-0.1, -0.05) is 0 Å². The lowest BCUT2D eigenvalue weighted by atomic mass is 10.2. The Morgan fingerprint density at radius 3 is 2.52 bits per heavy atom. The van der Waals surface area contributed by atoms with Gasteiger partial charge in [-0.05, 0) is 31.2 Å². The zero-order valence-corrected chi connectivity index (χ0v) is 15.0. The molecule has 0 spiro atoms. The zero-order valence-electron chi connectivity index (χ0n) is 13.4. The van der Waals surface area contributed by atoms with Crippen molar-refractivity contribution in [3.8, 4) is 0 Å². The summed E-state index contributed by atoms with van der Waals surface area (Å²) in [7, 11) is 0. The molecule has 1 atom stereocenters. The van der Waals surface area contributed by atoms with Crippen LogP contribution in [0.15, 0.2) is 40.7 Å². The molecular weight excluding hydrogens is 362 g/mol. The molecule has 1 unspecified atom stereocenters. The number of hydrogen-bond donors (Lipinski definition) is 3. The molecule has 2 aromatic rings. The number of anilines is 2. The maximum absolute atomic E-state index is 12.1. The van der Waals surface area contributed by atoms with Gasteiger partial charge in [-0.25, -0.2) is 4.98 Å². The zero-order chi connectivity index (χ0) is 18.2. The minimum Gasteiger partial charge on any atom is -0.481 e. The lowest BCUT2D eigenvalue weighted by Crippen LogP contribution is -2.22. The minimum absolute atomic E-state index is 0.0696. The molecule has 132 valence electrons. The van der Waals surface area contributed by atoms with Crippen LogP contribution in [0.25, 0.3) is 0 Å². The Kier molecular flexibility index (Phi) is 6.96. The fourth-order valence-corrected chi connectivity index (χ4v) is 3.21. The first-order chi connectivity index (χ1) is 11.9. The first kappa shape index (κ1) is 18.9. The number of carbonyl (C=O) groups is 3. The Labute approximate surface area is 152 Å². The molecule has 9 heteroatoms. The van der Waals surface area contributed by atoms with Gasteiger partial charge >= 0.3 is 5.97 Å². The standard InChI is InChI=1S/C16H17N3O4S2/c1-10(15(23)19-16-17-8-9-24-16)25-12-4-2-11(3-5-12)18-13(20)6-7-14(21)22/h2-5,8-10H,6-7H2,1H3,(H,18,20)(H,21,22)(H,17,19,23). The molecule has 1 aromatic carbocycles. The largest absolute Gasteiger partial charge is 0.481 e. The summed E-state index contributed by atoms with van der Waals surface area (Å²) in [5.41, 5.74) is 0.583. The quantitative estimate of drug-likeness (QED) is 0.608. The Balaban J connectivity index is 1.83. The highest BCUT2D eigenvalue weighted by molar-refractivity contribution is 8.00. The van der Waals surface area contributed by atoms with E-state index in [9.17, 15) is 14.4 Å². The number of rotatable bonds is 8. The van der Waals surface area contributed by atoms with Crippen LogP contribution in [0.5, 0.6) is 0 Å². The second kappa shape index (κ2) is 9.19. The van der Waals surface area contributed by atoms with Gasteiger partial charge in [-0.15, -0.1) is 23.1 Å². The predicted molar refractivity (Wildman–Crippen MR) is 98.0 cm³/mol. The van der Waals surface area contributed by atoms with E-state index < -0.39 is 5.97 Å². The summed E-state index contributed by atoms with van der Waals surface area (Å²) in [5, 5.41) is 16.0. The van der Waals surface area contributed by atoms with Crippen LogP contribution < -0.4 is 10.6 Å². The second-order valence-electron chi connectivity index (χ2n) is 5.05. The molecule has 0 aliphatic heterocycles. The fraction of sp³-hybridized carbons (Fsp3) is 0.250. The SMILES string of the molecule is CC(Sc1ccc(NC(=O)CCC(=O)O)cc1)C(=O)Nc1nccs1. The van der Waals surface area contributed by atoms with E-state index in [1.54, 1.807) is 42.8 Å². The van der Waals surface area contributed by atoms with E-state index in [0.717, 1.165) is 4.90 Å². The van der Waals surface area contributed by atoms with Crippen LogP contribution in [0.4, 0.5) is 10.8 Å². The van der Waals surface area contributed by atoms with E-state index in [1.165, 1.54) is 23.1 Å². The van der Waals surface area contributed by atoms with Crippen molar-refractivity contribution in [3.63, 3.8) is 0 Å². The highest BCUT2D eigenvalue weighted by atomic mass is 32.2. The normalized spacial score (nSPS) is 11.6. The van der Waals surface area contributed by atoms with E-state index >= 15 is 0 Å². The molecule has 0 fully saturated rings. The molecule has 1 aromatic heterocycles. The molecule has 3 N–H and O–H groups in total. The van der Waals surface area contributed by atoms with Gasteiger partial charge in [0.25, 0.3) is 0 Å². The molecule has 7 nitrogen and oxygen atoms in total. The van der Waals surface area contributed by atoms with Crippen molar-refractivity contribution in [2.24, 2.45) is 0 Å². The number of amides is 2. The molecule has 0 saturated carbocycles. The maximum Gasteiger partial charge on any atom is 0.303 e. The van der Waals surface area contributed by atoms with Crippen molar-refractivity contribution in [2.75, 3.05) is 10.6 Å². The number of carbonyl (C=O) groups excluding carboxylic acids is 2. The third-order valence-electron chi connectivity index (χ3n) is 3.05. The van der Waals surface area contributed by atoms with Gasteiger partial charge in [0.1, 0.15) is 0 Å². The number of thioether (sulfide) groups is 1. The van der Waals surface area contributed by atoms with E-state index in [2.05, 4.69) is 15.6 Å². The number of hydrogen-bond acceptors (Lipinski definition) is 6. The molecule has 0 saturated heterocycles. The van der Waals surface area contributed by atoms with Crippen molar-refractivity contribution in [1.82, 2.24) is 4.98 Å². The first-order valence-electron chi connectivity index (χ1n) is 7.43. The van der Waals surface area contributed by atoms with Gasteiger partial charge in [0, 0.05) is 28.6 Å². The van der Waals surface area contributed by atoms with Crippen LogP contribution in [0, 0.1) is 0 Å². The fourth-order valence-electron chi connectivity index (χ4n) is 1.81. The lowest BCUT2D eigenvalue weighted by molar-refractivity contribution is -0.138. The molecule has 0 aliphatic rings. The highest BCUT2D eigenvalue weighted by Gasteiger charge is 2.15. The van der Waals surface area contributed by atoms with Gasteiger partial charge in [0.2, 0.25) is 11.8 Å². The van der Waals surface area contributed by atoms with Gasteiger partial charge in [-0.2, -0.15) is 0 Å². The van der Waals surface area contributed by atoms with E-state index in [4.69, 9.17) is 5.11 Å². The van der Waals surface area contributed by atoms with Crippen molar-refractivity contribution in [1.29, 1.82) is 0 Å². The maximum atomic E-state index is 12.1. The lowest BCUT2D eigenvalue weighted by Gasteiger charge is -2.11. The molecule has 0 radical (unpaired) electrons. The van der Waals surface area contributed by atoms with Crippen molar-refractivity contribution in [2.45, 2.75) is 29.9 Å². The van der Waals surface area contributed by atoms with Crippen molar-refractivity contribution >= 4 is 51.7 Å². The van der Waals surface area contributed by atoms with Crippen LogP contribution in [0.1, 0.15) is 19.8 Å². The summed E-state index contributed by atoms with van der Waals surface area (Å²) in [6.45, 7) is 1.80. The monoisotopic (exact) mass is 379 g/mol. The molecule has 0 aliphatic carbocycles. The molecular formula is C16H17N3O4S2. The first-order valence-corrected chi connectivity index (χ1v) is 9.18. The second-order valence-corrected chi connectivity index (χ2v) is 7.36. The average molecular weight is 379 g/mol. The Bertz CT molecular complexity index is 732. The Hall–Kier alpha value is -2.39. The summed E-state index contributed by atoms with van der Waals surface area (Å²) in [4.78, 5) is 39.0. The van der Waals surface area contributed by atoms with Gasteiger partial charge in [-0.3, -0.25) is 14.4 Å². The number of aromatic nitrogens is 1. The third-order valence-corrected chi connectivity index (χ3v) is 4.85. The van der Waals surface area contributed by atoms with E-state index in [0.29, 0.717) is 10.8 Å². The summed E-state index contributed by atoms with van der Waals surface area (Å²) in [5.74, 6) is -1.49. The summed E-state index contributed by atoms with van der Waals surface area (Å²) in [6, 6.07) is 7.02. The molecule has 1 heterocycles. The number of carboxylic acids is 1. The number of carboxylic acid groups (broad SMARTS) is 1. The predicted octanol–water partition coefficient (Wildman–Crippen LogP) is 3.07. The summed E-state index contributed by atoms with van der Waals surface area (Å²) < 4.78 is 0. The van der Waals surface area contributed by atoms with Crippen molar-refractivity contribution in [3.05, 3.63) is 35.8 Å². The number of benzene rings is 1. The number of nitrogens with one attached hydrogen (secondary N) is 2. The van der Waals surface area contributed by atoms with Gasteiger partial charge in [0.15, 0.2) is 5.13 Å². The van der Waals surface area contributed by atoms with E-state index in [-0.39, 0.29) is 29.9 Å². The van der Waals surface area contributed by atoms with Crippen molar-refractivity contribution < 1.29 is 19.5 Å².